The SMILES string of the molecule is CCCCN(C)C(C(=O)Nc1ccc(C)c(N)c1)C(C)C. The van der Waals surface area contributed by atoms with Crippen molar-refractivity contribution < 1.29 is 4.79 Å². The van der Waals surface area contributed by atoms with Crippen molar-refractivity contribution in [1.82, 2.24) is 4.90 Å². The number of anilines is 2. The molecule has 1 aromatic carbocycles. The highest BCUT2D eigenvalue weighted by molar-refractivity contribution is 5.95. The van der Waals surface area contributed by atoms with E-state index in [0.29, 0.717) is 5.69 Å². The minimum atomic E-state index is -0.126. The Labute approximate surface area is 128 Å². The van der Waals surface area contributed by atoms with Crippen LogP contribution in [0, 0.1) is 12.8 Å². The van der Waals surface area contributed by atoms with Gasteiger partial charge in [0, 0.05) is 11.4 Å². The van der Waals surface area contributed by atoms with Gasteiger partial charge in [0.25, 0.3) is 0 Å². The van der Waals surface area contributed by atoms with Crippen LogP contribution in [-0.2, 0) is 4.79 Å². The topological polar surface area (TPSA) is 58.4 Å². The molecule has 4 nitrogen and oxygen atoms in total. The van der Waals surface area contributed by atoms with Crippen molar-refractivity contribution in [3.8, 4) is 0 Å². The average Bonchev–Trinajstić information content (AvgIpc) is 2.40. The van der Waals surface area contributed by atoms with Crippen LogP contribution in [0.1, 0.15) is 39.2 Å². The first-order chi connectivity index (χ1) is 9.86. The molecule has 0 fully saturated rings. The zero-order chi connectivity index (χ0) is 16.0. The van der Waals surface area contributed by atoms with Gasteiger partial charge in [0.15, 0.2) is 0 Å². The van der Waals surface area contributed by atoms with Gasteiger partial charge in [-0.2, -0.15) is 0 Å². The number of nitrogens with one attached hydrogen (secondary N) is 1. The van der Waals surface area contributed by atoms with Gasteiger partial charge in [-0.3, -0.25) is 9.69 Å². The number of unbranched alkanes of at least 4 members (excludes halogenated alkanes) is 1. The van der Waals surface area contributed by atoms with Crippen LogP contribution in [0.15, 0.2) is 18.2 Å². The van der Waals surface area contributed by atoms with Crippen molar-refractivity contribution in [1.29, 1.82) is 0 Å². The lowest BCUT2D eigenvalue weighted by atomic mass is 10.0. The maximum Gasteiger partial charge on any atom is 0.241 e. The molecule has 0 aromatic heterocycles. The van der Waals surface area contributed by atoms with Crippen molar-refractivity contribution in [2.24, 2.45) is 5.92 Å². The van der Waals surface area contributed by atoms with E-state index in [0.717, 1.165) is 30.6 Å². The summed E-state index contributed by atoms with van der Waals surface area (Å²) in [5, 5.41) is 2.99. The van der Waals surface area contributed by atoms with Crippen LogP contribution in [0.25, 0.3) is 0 Å². The maximum absolute atomic E-state index is 12.6. The number of likely N-dealkylation sites (N-methyl/N-ethyl adjacent to an activating group) is 1. The van der Waals surface area contributed by atoms with Gasteiger partial charge in [-0.1, -0.05) is 33.3 Å². The highest BCUT2D eigenvalue weighted by atomic mass is 16.2. The number of benzene rings is 1. The highest BCUT2D eigenvalue weighted by Gasteiger charge is 2.26. The quantitative estimate of drug-likeness (QED) is 0.758. The molecule has 0 heterocycles. The lowest BCUT2D eigenvalue weighted by molar-refractivity contribution is -0.122. The Morgan fingerprint density at radius 2 is 2.05 bits per heavy atom. The smallest absolute Gasteiger partial charge is 0.241 e. The zero-order valence-electron chi connectivity index (χ0n) is 13.9. The molecule has 1 unspecified atom stereocenters. The Morgan fingerprint density at radius 1 is 1.38 bits per heavy atom. The fourth-order valence-corrected chi connectivity index (χ4v) is 2.49. The molecule has 1 atom stereocenters. The second kappa shape index (κ2) is 8.03. The van der Waals surface area contributed by atoms with Gasteiger partial charge in [-0.15, -0.1) is 0 Å². The number of nitrogen functional groups attached to an aromatic ring is 1. The van der Waals surface area contributed by atoms with Crippen LogP contribution >= 0.6 is 0 Å². The van der Waals surface area contributed by atoms with Gasteiger partial charge in [0.1, 0.15) is 0 Å². The predicted molar refractivity (Wildman–Crippen MR) is 90.4 cm³/mol. The third kappa shape index (κ3) is 5.05. The Kier molecular flexibility index (Phi) is 6.69. The lowest BCUT2D eigenvalue weighted by Crippen LogP contribution is -2.45. The largest absolute Gasteiger partial charge is 0.398 e. The molecule has 0 radical (unpaired) electrons. The van der Waals surface area contributed by atoms with Crippen LogP contribution in [-0.4, -0.2) is 30.4 Å². The fraction of sp³-hybridized carbons (Fsp3) is 0.588. The van der Waals surface area contributed by atoms with E-state index in [1.165, 1.54) is 0 Å². The van der Waals surface area contributed by atoms with E-state index in [1.807, 2.05) is 32.2 Å². The predicted octanol–water partition coefficient (Wildman–Crippen LogP) is 3.27. The molecule has 0 saturated heterocycles. The third-order valence-corrected chi connectivity index (χ3v) is 3.79. The molecule has 21 heavy (non-hydrogen) atoms. The van der Waals surface area contributed by atoms with E-state index in [1.54, 1.807) is 0 Å². The van der Waals surface area contributed by atoms with Crippen LogP contribution in [0.4, 0.5) is 11.4 Å². The third-order valence-electron chi connectivity index (χ3n) is 3.79. The van der Waals surface area contributed by atoms with Gasteiger partial charge in [-0.05, 0) is 50.6 Å². The van der Waals surface area contributed by atoms with E-state index >= 15 is 0 Å². The van der Waals surface area contributed by atoms with Gasteiger partial charge in [0.2, 0.25) is 5.91 Å². The van der Waals surface area contributed by atoms with Gasteiger partial charge >= 0.3 is 0 Å². The Morgan fingerprint density at radius 3 is 2.57 bits per heavy atom. The monoisotopic (exact) mass is 291 g/mol. The molecule has 3 N–H and O–H groups in total. The molecule has 0 aliphatic rings. The average molecular weight is 291 g/mol. The molecule has 0 spiro atoms. The van der Waals surface area contributed by atoms with Crippen molar-refractivity contribution in [3.05, 3.63) is 23.8 Å². The Bertz CT molecular complexity index is 471. The van der Waals surface area contributed by atoms with Crippen molar-refractivity contribution in [2.45, 2.75) is 46.6 Å². The fourth-order valence-electron chi connectivity index (χ4n) is 2.49. The lowest BCUT2D eigenvalue weighted by Gasteiger charge is -2.30. The van der Waals surface area contributed by atoms with Crippen LogP contribution in [0.3, 0.4) is 0 Å². The van der Waals surface area contributed by atoms with Crippen molar-refractivity contribution in [2.75, 3.05) is 24.6 Å². The maximum atomic E-state index is 12.6. The summed E-state index contributed by atoms with van der Waals surface area (Å²) in [6.45, 7) is 9.21. The number of rotatable bonds is 7. The van der Waals surface area contributed by atoms with E-state index < -0.39 is 0 Å². The first kappa shape index (κ1) is 17.5. The molecule has 0 saturated carbocycles. The summed E-state index contributed by atoms with van der Waals surface area (Å²) in [4.78, 5) is 14.7. The minimum absolute atomic E-state index is 0.0341. The summed E-state index contributed by atoms with van der Waals surface area (Å²) in [6, 6.07) is 5.51. The van der Waals surface area contributed by atoms with E-state index in [4.69, 9.17) is 5.73 Å². The number of hydrogen-bond acceptors (Lipinski definition) is 3. The molecule has 0 aliphatic carbocycles. The van der Waals surface area contributed by atoms with E-state index in [9.17, 15) is 4.79 Å². The Balaban J connectivity index is 2.79. The number of carbonyl (C=O) groups is 1. The molecule has 1 aromatic rings. The van der Waals surface area contributed by atoms with Crippen LogP contribution < -0.4 is 11.1 Å². The molecule has 0 bridgehead atoms. The molecule has 118 valence electrons. The summed E-state index contributed by atoms with van der Waals surface area (Å²) in [5.74, 6) is 0.293. The molecule has 4 heteroatoms. The Hall–Kier alpha value is -1.55. The van der Waals surface area contributed by atoms with Crippen molar-refractivity contribution >= 4 is 17.3 Å². The summed E-state index contributed by atoms with van der Waals surface area (Å²) in [6.07, 6.45) is 2.23. The van der Waals surface area contributed by atoms with Gasteiger partial charge < -0.3 is 11.1 Å². The number of hydrogen-bond donors (Lipinski definition) is 2. The van der Waals surface area contributed by atoms with Crippen molar-refractivity contribution in [3.63, 3.8) is 0 Å². The van der Waals surface area contributed by atoms with E-state index in [-0.39, 0.29) is 17.9 Å². The summed E-state index contributed by atoms with van der Waals surface area (Å²) >= 11 is 0. The molecular formula is C17H29N3O. The molecule has 0 aliphatic heterocycles. The molecular weight excluding hydrogens is 262 g/mol. The normalized spacial score (nSPS) is 12.7. The highest BCUT2D eigenvalue weighted by Crippen LogP contribution is 2.19. The zero-order valence-corrected chi connectivity index (χ0v) is 13.9. The first-order valence-corrected chi connectivity index (χ1v) is 7.74. The second-order valence-electron chi connectivity index (χ2n) is 6.08. The number of aryl methyl sites for hydroxylation is 1. The molecule has 1 amide bonds. The minimum Gasteiger partial charge on any atom is -0.398 e. The number of nitrogens with two attached hydrogens (primary N) is 1. The number of nitrogens with zero attached hydrogens (tertiary/aromatic N) is 1. The number of amides is 1. The van der Waals surface area contributed by atoms with E-state index in [2.05, 4.69) is 31.0 Å². The second-order valence-corrected chi connectivity index (χ2v) is 6.08. The first-order valence-electron chi connectivity index (χ1n) is 7.74. The van der Waals surface area contributed by atoms with Crippen LogP contribution in [0.5, 0.6) is 0 Å². The molecule has 1 rings (SSSR count). The standard InChI is InChI=1S/C17H29N3O/c1-6-7-10-20(5)16(12(2)3)17(21)19-14-9-8-13(4)15(18)11-14/h8-9,11-12,16H,6-7,10,18H2,1-5H3,(H,19,21). The van der Waals surface area contributed by atoms with Gasteiger partial charge in [-0.25, -0.2) is 0 Å². The summed E-state index contributed by atoms with van der Waals surface area (Å²) < 4.78 is 0. The number of carbonyl (C=O) groups excluding carboxylic acids is 1. The van der Waals surface area contributed by atoms with Gasteiger partial charge in [0.05, 0.1) is 6.04 Å². The van der Waals surface area contributed by atoms with Crippen LogP contribution in [0.2, 0.25) is 0 Å². The summed E-state index contributed by atoms with van der Waals surface area (Å²) in [7, 11) is 2.02. The summed E-state index contributed by atoms with van der Waals surface area (Å²) in [5.41, 5.74) is 8.38.